The molecule has 0 amide bonds. The highest BCUT2D eigenvalue weighted by atomic mass is 16.5. The molecule has 0 aliphatic heterocycles. The summed E-state index contributed by atoms with van der Waals surface area (Å²) in [6.07, 6.45) is 5.57. The predicted molar refractivity (Wildman–Crippen MR) is 76.9 cm³/mol. The molecule has 0 aromatic heterocycles. The lowest BCUT2D eigenvalue weighted by molar-refractivity contribution is -0.148. The first-order valence-electron chi connectivity index (χ1n) is 6.90. The number of aliphatic carboxylic acids is 1. The average molecular weight is 272 g/mol. The van der Waals surface area contributed by atoms with Crippen molar-refractivity contribution in [3.05, 3.63) is 12.7 Å². The zero-order valence-electron chi connectivity index (χ0n) is 12.6. The molecule has 0 rings (SSSR count). The Hall–Kier alpha value is -1.32. The van der Waals surface area contributed by atoms with E-state index in [9.17, 15) is 9.59 Å². The summed E-state index contributed by atoms with van der Waals surface area (Å²) in [7, 11) is 0. The van der Waals surface area contributed by atoms with Crippen molar-refractivity contribution >= 4 is 11.9 Å². The summed E-state index contributed by atoms with van der Waals surface area (Å²) in [5.74, 6) is -0.499. The second-order valence-electron chi connectivity index (χ2n) is 4.74. The first-order chi connectivity index (χ1) is 8.88. The van der Waals surface area contributed by atoms with E-state index >= 15 is 0 Å². The topological polar surface area (TPSA) is 63.6 Å². The molecule has 0 aromatic carbocycles. The van der Waals surface area contributed by atoms with Crippen molar-refractivity contribution < 1.29 is 19.4 Å². The predicted octanol–water partition coefficient (Wildman–Crippen LogP) is 3.66. The summed E-state index contributed by atoms with van der Waals surface area (Å²) in [6.45, 7) is 11.6. The highest BCUT2D eigenvalue weighted by Gasteiger charge is 2.12. The fourth-order valence-corrected chi connectivity index (χ4v) is 1.26. The van der Waals surface area contributed by atoms with Crippen LogP contribution in [-0.2, 0) is 14.3 Å². The molecule has 19 heavy (non-hydrogen) atoms. The van der Waals surface area contributed by atoms with Gasteiger partial charge in [0.2, 0.25) is 0 Å². The lowest BCUT2D eigenvalue weighted by Crippen LogP contribution is -2.17. The second-order valence-corrected chi connectivity index (χ2v) is 4.74. The SMILES string of the molecule is C=CC(=O)O.CCCCC(CC)COC(=O)C(C)C. The van der Waals surface area contributed by atoms with Gasteiger partial charge in [-0.05, 0) is 12.3 Å². The number of carbonyl (C=O) groups is 2. The van der Waals surface area contributed by atoms with Crippen LogP contribution in [0.4, 0.5) is 0 Å². The van der Waals surface area contributed by atoms with Gasteiger partial charge in [-0.25, -0.2) is 4.79 Å². The van der Waals surface area contributed by atoms with Crippen molar-refractivity contribution in [3.63, 3.8) is 0 Å². The normalized spacial score (nSPS) is 11.2. The Morgan fingerprint density at radius 3 is 2.16 bits per heavy atom. The van der Waals surface area contributed by atoms with Crippen molar-refractivity contribution in [2.24, 2.45) is 11.8 Å². The van der Waals surface area contributed by atoms with Crippen LogP contribution in [0.5, 0.6) is 0 Å². The monoisotopic (exact) mass is 272 g/mol. The van der Waals surface area contributed by atoms with Crippen molar-refractivity contribution in [3.8, 4) is 0 Å². The minimum absolute atomic E-state index is 0.00122. The molecule has 0 saturated heterocycles. The van der Waals surface area contributed by atoms with Gasteiger partial charge < -0.3 is 9.84 Å². The lowest BCUT2D eigenvalue weighted by atomic mass is 10.0. The third kappa shape index (κ3) is 14.6. The van der Waals surface area contributed by atoms with Crippen molar-refractivity contribution in [1.82, 2.24) is 0 Å². The Morgan fingerprint density at radius 1 is 1.32 bits per heavy atom. The zero-order valence-corrected chi connectivity index (χ0v) is 12.6. The van der Waals surface area contributed by atoms with Crippen LogP contribution >= 0.6 is 0 Å². The Morgan fingerprint density at radius 2 is 1.84 bits per heavy atom. The van der Waals surface area contributed by atoms with E-state index in [2.05, 4.69) is 20.4 Å². The van der Waals surface area contributed by atoms with Gasteiger partial charge in [-0.1, -0.05) is 53.5 Å². The molecule has 0 bridgehead atoms. The minimum Gasteiger partial charge on any atom is -0.478 e. The van der Waals surface area contributed by atoms with Gasteiger partial charge in [-0.3, -0.25) is 4.79 Å². The van der Waals surface area contributed by atoms with E-state index in [0.717, 1.165) is 12.5 Å². The van der Waals surface area contributed by atoms with Crippen LogP contribution in [0.25, 0.3) is 0 Å². The molecule has 0 radical (unpaired) electrons. The Balaban J connectivity index is 0. The van der Waals surface area contributed by atoms with Gasteiger partial charge in [-0.15, -0.1) is 0 Å². The van der Waals surface area contributed by atoms with Crippen LogP contribution in [0.15, 0.2) is 12.7 Å². The number of ether oxygens (including phenoxy) is 1. The quantitative estimate of drug-likeness (QED) is 0.541. The molecule has 1 unspecified atom stereocenters. The summed E-state index contributed by atoms with van der Waals surface area (Å²) in [6, 6.07) is 0. The molecule has 0 aliphatic carbocycles. The number of esters is 1. The zero-order chi connectivity index (χ0) is 15.3. The third-order valence-electron chi connectivity index (χ3n) is 2.65. The van der Waals surface area contributed by atoms with Crippen molar-refractivity contribution in [2.75, 3.05) is 6.61 Å². The van der Waals surface area contributed by atoms with Gasteiger partial charge >= 0.3 is 11.9 Å². The fourth-order valence-electron chi connectivity index (χ4n) is 1.26. The summed E-state index contributed by atoms with van der Waals surface area (Å²) in [4.78, 5) is 20.5. The fraction of sp³-hybridized carbons (Fsp3) is 0.733. The maximum Gasteiger partial charge on any atom is 0.327 e. The van der Waals surface area contributed by atoms with Gasteiger partial charge in [0.25, 0.3) is 0 Å². The second kappa shape index (κ2) is 13.1. The highest BCUT2D eigenvalue weighted by molar-refractivity contribution is 5.78. The number of hydrogen-bond acceptors (Lipinski definition) is 3. The number of unbranched alkanes of at least 4 members (excludes halogenated alkanes) is 1. The van der Waals surface area contributed by atoms with E-state index in [4.69, 9.17) is 9.84 Å². The number of rotatable bonds is 8. The Kier molecular flexibility index (Phi) is 13.8. The molecule has 0 saturated carbocycles. The van der Waals surface area contributed by atoms with Gasteiger partial charge in [0, 0.05) is 6.08 Å². The number of carboxylic acids is 1. The van der Waals surface area contributed by atoms with E-state index in [1.165, 1.54) is 19.3 Å². The molecule has 112 valence electrons. The maximum absolute atomic E-state index is 11.2. The lowest BCUT2D eigenvalue weighted by Gasteiger charge is -2.15. The van der Waals surface area contributed by atoms with Crippen LogP contribution < -0.4 is 0 Å². The van der Waals surface area contributed by atoms with E-state index in [1.807, 2.05) is 13.8 Å². The summed E-state index contributed by atoms with van der Waals surface area (Å²) in [5, 5.41) is 7.60. The van der Waals surface area contributed by atoms with Crippen LogP contribution in [0.1, 0.15) is 53.4 Å². The molecule has 4 nitrogen and oxygen atoms in total. The average Bonchev–Trinajstić information content (AvgIpc) is 2.39. The Bertz CT molecular complexity index is 259. The minimum atomic E-state index is -0.981. The molecular weight excluding hydrogens is 244 g/mol. The first-order valence-corrected chi connectivity index (χ1v) is 6.90. The smallest absolute Gasteiger partial charge is 0.327 e. The number of carbonyl (C=O) groups excluding carboxylic acids is 1. The van der Waals surface area contributed by atoms with Gasteiger partial charge in [0.15, 0.2) is 0 Å². The molecule has 0 fully saturated rings. The largest absolute Gasteiger partial charge is 0.478 e. The summed E-state index contributed by atoms with van der Waals surface area (Å²) in [5.41, 5.74) is 0. The molecule has 0 aromatic rings. The van der Waals surface area contributed by atoms with E-state index in [0.29, 0.717) is 12.5 Å². The molecular formula is C15H28O4. The first kappa shape index (κ1) is 20.0. The van der Waals surface area contributed by atoms with Crippen molar-refractivity contribution in [2.45, 2.75) is 53.4 Å². The molecule has 1 atom stereocenters. The van der Waals surface area contributed by atoms with E-state index in [-0.39, 0.29) is 11.9 Å². The third-order valence-corrected chi connectivity index (χ3v) is 2.65. The van der Waals surface area contributed by atoms with Crippen LogP contribution in [0.3, 0.4) is 0 Å². The van der Waals surface area contributed by atoms with Gasteiger partial charge in [-0.2, -0.15) is 0 Å². The van der Waals surface area contributed by atoms with Gasteiger partial charge in [0.1, 0.15) is 0 Å². The molecule has 0 spiro atoms. The maximum atomic E-state index is 11.2. The number of carboxylic acid groups (broad SMARTS) is 1. The molecule has 1 N–H and O–H groups in total. The van der Waals surface area contributed by atoms with Crippen LogP contribution in [0, 0.1) is 11.8 Å². The summed E-state index contributed by atoms with van der Waals surface area (Å²) < 4.78 is 5.21. The Labute approximate surface area is 116 Å². The number of hydrogen-bond donors (Lipinski definition) is 1. The summed E-state index contributed by atoms with van der Waals surface area (Å²) >= 11 is 0. The van der Waals surface area contributed by atoms with Gasteiger partial charge in [0.05, 0.1) is 12.5 Å². The molecule has 0 heterocycles. The highest BCUT2D eigenvalue weighted by Crippen LogP contribution is 2.13. The van der Waals surface area contributed by atoms with Crippen molar-refractivity contribution in [1.29, 1.82) is 0 Å². The molecule has 4 heteroatoms. The van der Waals surface area contributed by atoms with Crippen LogP contribution in [-0.4, -0.2) is 23.7 Å². The van der Waals surface area contributed by atoms with E-state index in [1.54, 1.807) is 0 Å². The standard InChI is InChI=1S/C12H24O2.C3H4O2/c1-5-7-8-11(6-2)9-14-12(13)10(3)4;1-2-3(4)5/h10-11H,5-9H2,1-4H3;2H,1H2,(H,4,5). The van der Waals surface area contributed by atoms with Crippen LogP contribution in [0.2, 0.25) is 0 Å². The van der Waals surface area contributed by atoms with E-state index < -0.39 is 5.97 Å². The molecule has 0 aliphatic rings.